The fourth-order valence-electron chi connectivity index (χ4n) is 3.18. The van der Waals surface area contributed by atoms with Gasteiger partial charge in [-0.1, -0.05) is 17.7 Å². The lowest BCUT2D eigenvalue weighted by molar-refractivity contribution is -0.123. The molecule has 1 aromatic heterocycles. The van der Waals surface area contributed by atoms with Gasteiger partial charge in [-0.3, -0.25) is 9.48 Å². The lowest BCUT2D eigenvalue weighted by Gasteiger charge is -2.24. The molecule has 23 heavy (non-hydrogen) atoms. The Kier molecular flexibility index (Phi) is 4.57. The molecular weight excluding hydrogens is 314 g/mol. The number of aromatic nitrogens is 2. The van der Waals surface area contributed by atoms with Gasteiger partial charge in [-0.25, -0.2) is 0 Å². The zero-order valence-corrected chi connectivity index (χ0v) is 14.1. The van der Waals surface area contributed by atoms with Gasteiger partial charge in [0.05, 0.1) is 11.7 Å². The molecule has 122 valence electrons. The fourth-order valence-corrected chi connectivity index (χ4v) is 3.36. The summed E-state index contributed by atoms with van der Waals surface area (Å²) in [6, 6.07) is 7.05. The molecule has 0 radical (unpaired) electrons. The third-order valence-electron chi connectivity index (χ3n) is 4.15. The highest BCUT2D eigenvalue weighted by Crippen LogP contribution is 2.31. The van der Waals surface area contributed by atoms with Gasteiger partial charge in [0.2, 0.25) is 0 Å². The minimum absolute atomic E-state index is 0.0166. The van der Waals surface area contributed by atoms with E-state index in [2.05, 4.69) is 10.4 Å². The van der Waals surface area contributed by atoms with Crippen LogP contribution in [-0.4, -0.2) is 22.3 Å². The van der Waals surface area contributed by atoms with Crippen LogP contribution in [0.15, 0.2) is 24.3 Å². The number of benzene rings is 1. The van der Waals surface area contributed by atoms with Crippen LogP contribution in [-0.2, 0) is 18.3 Å². The summed E-state index contributed by atoms with van der Waals surface area (Å²) in [6.45, 7) is 1.97. The average molecular weight is 334 g/mol. The summed E-state index contributed by atoms with van der Waals surface area (Å²) in [5, 5.41) is 8.13. The van der Waals surface area contributed by atoms with E-state index in [-0.39, 0.29) is 18.6 Å². The topological polar surface area (TPSA) is 56.2 Å². The maximum absolute atomic E-state index is 12.2. The van der Waals surface area contributed by atoms with Gasteiger partial charge in [-0.05, 0) is 44.4 Å². The molecule has 0 spiro atoms. The van der Waals surface area contributed by atoms with Crippen molar-refractivity contribution in [3.8, 4) is 5.75 Å². The van der Waals surface area contributed by atoms with Crippen LogP contribution in [0.5, 0.6) is 5.75 Å². The minimum Gasteiger partial charge on any atom is -0.484 e. The number of hydrogen-bond donors (Lipinski definition) is 1. The van der Waals surface area contributed by atoms with Gasteiger partial charge in [0.1, 0.15) is 5.75 Å². The van der Waals surface area contributed by atoms with Gasteiger partial charge in [0, 0.05) is 23.3 Å². The Bertz CT molecular complexity index is 727. The predicted molar refractivity (Wildman–Crippen MR) is 88.7 cm³/mol. The molecule has 1 atom stereocenters. The van der Waals surface area contributed by atoms with Gasteiger partial charge in [0.15, 0.2) is 6.61 Å². The van der Waals surface area contributed by atoms with E-state index < -0.39 is 0 Å². The van der Waals surface area contributed by atoms with Crippen molar-refractivity contribution in [2.75, 3.05) is 6.61 Å². The molecule has 6 heteroatoms. The highest BCUT2D eigenvalue weighted by molar-refractivity contribution is 6.30. The summed E-state index contributed by atoms with van der Waals surface area (Å²) in [5.74, 6) is 0.459. The standard InChI is InChI=1S/C17H20ClN3O2/c1-11-17-14(7-4-8-15(17)21(2)20-11)19-16(22)10-23-13-6-3-5-12(18)9-13/h3,5-6,9,14H,4,7-8,10H2,1-2H3,(H,19,22). The highest BCUT2D eigenvalue weighted by Gasteiger charge is 2.27. The number of aryl methyl sites for hydroxylation is 2. The molecule has 1 N–H and O–H groups in total. The van der Waals surface area contributed by atoms with Crippen molar-refractivity contribution >= 4 is 17.5 Å². The van der Waals surface area contributed by atoms with Gasteiger partial charge in [-0.15, -0.1) is 0 Å². The monoisotopic (exact) mass is 333 g/mol. The first-order valence-corrected chi connectivity index (χ1v) is 8.12. The lowest BCUT2D eigenvalue weighted by atomic mass is 9.91. The Labute approximate surface area is 140 Å². The zero-order chi connectivity index (χ0) is 16.4. The van der Waals surface area contributed by atoms with Crippen molar-refractivity contribution in [2.24, 2.45) is 7.05 Å². The summed E-state index contributed by atoms with van der Waals surface area (Å²) in [6.07, 6.45) is 2.99. The number of nitrogens with zero attached hydrogens (tertiary/aromatic N) is 2. The Hall–Kier alpha value is -2.01. The lowest BCUT2D eigenvalue weighted by Crippen LogP contribution is -2.34. The Morgan fingerprint density at radius 3 is 3.13 bits per heavy atom. The van der Waals surface area contributed by atoms with Crippen LogP contribution < -0.4 is 10.1 Å². The van der Waals surface area contributed by atoms with Crippen LogP contribution >= 0.6 is 11.6 Å². The molecule has 1 heterocycles. The van der Waals surface area contributed by atoms with Gasteiger partial charge < -0.3 is 10.1 Å². The molecule has 0 aliphatic heterocycles. The largest absolute Gasteiger partial charge is 0.484 e. The summed E-state index contributed by atoms with van der Waals surface area (Å²) >= 11 is 5.90. The van der Waals surface area contributed by atoms with E-state index in [4.69, 9.17) is 16.3 Å². The Morgan fingerprint density at radius 1 is 1.52 bits per heavy atom. The second-order valence-electron chi connectivity index (χ2n) is 5.83. The molecule has 0 bridgehead atoms. The third kappa shape index (κ3) is 3.50. The predicted octanol–water partition coefficient (Wildman–Crippen LogP) is 2.95. The van der Waals surface area contributed by atoms with Crippen LogP contribution in [0.2, 0.25) is 5.02 Å². The third-order valence-corrected chi connectivity index (χ3v) is 4.38. The molecule has 0 fully saturated rings. The molecular formula is C17H20ClN3O2. The number of hydrogen-bond acceptors (Lipinski definition) is 3. The summed E-state index contributed by atoms with van der Waals surface area (Å²) in [4.78, 5) is 12.2. The Balaban J connectivity index is 1.63. The molecule has 1 unspecified atom stereocenters. The second-order valence-corrected chi connectivity index (χ2v) is 6.26. The van der Waals surface area contributed by atoms with E-state index in [0.717, 1.165) is 30.5 Å². The van der Waals surface area contributed by atoms with Crippen molar-refractivity contribution in [2.45, 2.75) is 32.2 Å². The number of amides is 1. The second kappa shape index (κ2) is 6.62. The molecule has 5 nitrogen and oxygen atoms in total. The van der Waals surface area contributed by atoms with E-state index in [0.29, 0.717) is 10.8 Å². The zero-order valence-electron chi connectivity index (χ0n) is 13.3. The Morgan fingerprint density at radius 2 is 2.35 bits per heavy atom. The fraction of sp³-hybridized carbons (Fsp3) is 0.412. The number of ether oxygens (including phenoxy) is 1. The maximum Gasteiger partial charge on any atom is 0.258 e. The first-order chi connectivity index (χ1) is 11.0. The van der Waals surface area contributed by atoms with E-state index in [1.54, 1.807) is 24.3 Å². The smallest absolute Gasteiger partial charge is 0.258 e. The molecule has 2 aromatic rings. The van der Waals surface area contributed by atoms with Crippen LogP contribution in [0, 0.1) is 6.92 Å². The molecule has 1 aliphatic carbocycles. The normalized spacial score (nSPS) is 16.7. The van der Waals surface area contributed by atoms with Crippen molar-refractivity contribution in [3.05, 3.63) is 46.2 Å². The first-order valence-electron chi connectivity index (χ1n) is 7.74. The van der Waals surface area contributed by atoms with Crippen LogP contribution in [0.1, 0.15) is 35.8 Å². The molecule has 0 saturated heterocycles. The number of halogens is 1. The number of fused-ring (bicyclic) bond motifs is 1. The van der Waals surface area contributed by atoms with Crippen molar-refractivity contribution in [3.63, 3.8) is 0 Å². The van der Waals surface area contributed by atoms with Gasteiger partial charge >= 0.3 is 0 Å². The maximum atomic E-state index is 12.2. The minimum atomic E-state index is -0.133. The number of rotatable bonds is 4. The van der Waals surface area contributed by atoms with Crippen LogP contribution in [0.4, 0.5) is 0 Å². The summed E-state index contributed by atoms with van der Waals surface area (Å²) in [7, 11) is 1.96. The van der Waals surface area contributed by atoms with Crippen molar-refractivity contribution in [1.82, 2.24) is 15.1 Å². The molecule has 1 aliphatic rings. The number of carbonyl (C=O) groups is 1. The van der Waals surface area contributed by atoms with Crippen LogP contribution in [0.3, 0.4) is 0 Å². The highest BCUT2D eigenvalue weighted by atomic mass is 35.5. The van der Waals surface area contributed by atoms with Crippen LogP contribution in [0.25, 0.3) is 0 Å². The molecule has 3 rings (SSSR count). The number of carbonyl (C=O) groups excluding carboxylic acids is 1. The van der Waals surface area contributed by atoms with E-state index in [1.165, 1.54) is 5.69 Å². The van der Waals surface area contributed by atoms with E-state index >= 15 is 0 Å². The van der Waals surface area contributed by atoms with Gasteiger partial charge in [0.25, 0.3) is 5.91 Å². The SMILES string of the molecule is Cc1nn(C)c2c1C(NC(=O)COc1cccc(Cl)c1)CCC2. The molecule has 1 aromatic carbocycles. The quantitative estimate of drug-likeness (QED) is 0.936. The van der Waals surface area contributed by atoms with Crippen molar-refractivity contribution < 1.29 is 9.53 Å². The average Bonchev–Trinajstić information content (AvgIpc) is 2.81. The number of nitrogens with one attached hydrogen (secondary N) is 1. The summed E-state index contributed by atoms with van der Waals surface area (Å²) < 4.78 is 7.42. The van der Waals surface area contributed by atoms with Gasteiger partial charge in [-0.2, -0.15) is 5.10 Å². The van der Waals surface area contributed by atoms with E-state index in [9.17, 15) is 4.79 Å². The molecule has 0 saturated carbocycles. The molecule has 1 amide bonds. The van der Waals surface area contributed by atoms with E-state index in [1.807, 2.05) is 18.7 Å². The first kappa shape index (κ1) is 15.9. The summed E-state index contributed by atoms with van der Waals surface area (Å²) in [5.41, 5.74) is 3.37. The van der Waals surface area contributed by atoms with Crippen molar-refractivity contribution in [1.29, 1.82) is 0 Å².